The second kappa shape index (κ2) is 5.67. The maximum absolute atomic E-state index is 13.7. The lowest BCUT2D eigenvalue weighted by molar-refractivity contribution is 0.220. The minimum Gasteiger partial charge on any atom is -0.494 e. The molecule has 112 valence electrons. The molecule has 1 aliphatic rings. The Kier molecular flexibility index (Phi) is 4.31. The van der Waals surface area contributed by atoms with Gasteiger partial charge in [-0.1, -0.05) is 0 Å². The largest absolute Gasteiger partial charge is 0.494 e. The van der Waals surface area contributed by atoms with Gasteiger partial charge in [0.15, 0.2) is 11.6 Å². The first-order chi connectivity index (χ1) is 9.37. The summed E-state index contributed by atoms with van der Waals surface area (Å²) in [5, 5.41) is 3.17. The molecule has 0 aliphatic carbocycles. The normalized spacial score (nSPS) is 24.6. The summed E-state index contributed by atoms with van der Waals surface area (Å²) in [6.07, 6.45) is 0. The molecule has 2 unspecified atom stereocenters. The first-order valence-electron chi connectivity index (χ1n) is 6.45. The number of nitrogens with one attached hydrogen (secondary N) is 1. The molecule has 20 heavy (non-hydrogen) atoms. The lowest BCUT2D eigenvalue weighted by Crippen LogP contribution is -2.57. The predicted octanol–water partition coefficient (Wildman–Crippen LogP) is 1.21. The van der Waals surface area contributed by atoms with Crippen molar-refractivity contribution in [2.75, 3.05) is 20.2 Å². The highest BCUT2D eigenvalue weighted by Crippen LogP contribution is 2.26. The summed E-state index contributed by atoms with van der Waals surface area (Å²) in [5.74, 6) is -0.644. The number of ether oxygens (including phenoxy) is 1. The van der Waals surface area contributed by atoms with Gasteiger partial charge >= 0.3 is 0 Å². The lowest BCUT2D eigenvalue weighted by atomic mass is 10.2. The van der Waals surface area contributed by atoms with Crippen LogP contribution in [0.5, 0.6) is 5.75 Å². The molecule has 1 saturated heterocycles. The van der Waals surface area contributed by atoms with Gasteiger partial charge in [-0.15, -0.1) is 0 Å². The third-order valence-corrected chi connectivity index (χ3v) is 5.57. The van der Waals surface area contributed by atoms with Crippen LogP contribution in [0.1, 0.15) is 13.8 Å². The summed E-state index contributed by atoms with van der Waals surface area (Å²) in [7, 11) is -2.37. The predicted molar refractivity (Wildman–Crippen MR) is 73.8 cm³/mol. The standard InChI is InChI=1S/C13H19FN2O3S/c1-9-7-15-8-10(2)16(9)20(17,18)11-4-5-13(19-3)12(14)6-11/h4-6,9-10,15H,7-8H2,1-3H3. The fourth-order valence-corrected chi connectivity index (χ4v) is 4.35. The maximum atomic E-state index is 13.7. The third-order valence-electron chi connectivity index (χ3n) is 3.45. The number of piperazine rings is 1. The Balaban J connectivity index is 2.41. The van der Waals surface area contributed by atoms with Gasteiger partial charge < -0.3 is 10.1 Å². The zero-order chi connectivity index (χ0) is 14.9. The van der Waals surface area contributed by atoms with E-state index < -0.39 is 15.8 Å². The Hall–Kier alpha value is -1.18. The van der Waals surface area contributed by atoms with Crippen LogP contribution in [0.15, 0.2) is 23.1 Å². The number of methoxy groups -OCH3 is 1. The van der Waals surface area contributed by atoms with Crippen LogP contribution in [-0.4, -0.2) is 45.0 Å². The van der Waals surface area contributed by atoms with E-state index in [0.717, 1.165) is 6.07 Å². The van der Waals surface area contributed by atoms with Crippen LogP contribution < -0.4 is 10.1 Å². The molecule has 0 radical (unpaired) electrons. The monoisotopic (exact) mass is 302 g/mol. The number of sulfonamides is 1. The SMILES string of the molecule is COc1ccc(S(=O)(=O)N2C(C)CNCC2C)cc1F. The van der Waals surface area contributed by atoms with Crippen molar-refractivity contribution >= 4 is 10.0 Å². The third kappa shape index (κ3) is 2.65. The topological polar surface area (TPSA) is 58.6 Å². The summed E-state index contributed by atoms with van der Waals surface area (Å²) in [6, 6.07) is 3.37. The number of hydrogen-bond donors (Lipinski definition) is 1. The van der Waals surface area contributed by atoms with Crippen LogP contribution in [0.3, 0.4) is 0 Å². The zero-order valence-corrected chi connectivity index (χ0v) is 12.6. The maximum Gasteiger partial charge on any atom is 0.243 e. The van der Waals surface area contributed by atoms with Crippen LogP contribution in [0, 0.1) is 5.82 Å². The van der Waals surface area contributed by atoms with Crippen molar-refractivity contribution in [1.82, 2.24) is 9.62 Å². The van der Waals surface area contributed by atoms with E-state index >= 15 is 0 Å². The molecule has 0 saturated carbocycles. The van der Waals surface area contributed by atoms with Gasteiger partial charge in [-0.05, 0) is 32.0 Å². The van der Waals surface area contributed by atoms with Gasteiger partial charge in [-0.25, -0.2) is 12.8 Å². The summed E-state index contributed by atoms with van der Waals surface area (Å²) >= 11 is 0. The average molecular weight is 302 g/mol. The molecule has 7 heteroatoms. The molecule has 1 heterocycles. The lowest BCUT2D eigenvalue weighted by Gasteiger charge is -2.38. The number of halogens is 1. The molecule has 1 fully saturated rings. The van der Waals surface area contributed by atoms with Gasteiger partial charge in [0.2, 0.25) is 10.0 Å². The van der Waals surface area contributed by atoms with E-state index in [9.17, 15) is 12.8 Å². The molecule has 1 aromatic rings. The highest BCUT2D eigenvalue weighted by molar-refractivity contribution is 7.89. The van der Waals surface area contributed by atoms with Crippen LogP contribution in [0.25, 0.3) is 0 Å². The van der Waals surface area contributed by atoms with Crippen LogP contribution in [0.2, 0.25) is 0 Å². The Morgan fingerprint density at radius 1 is 1.30 bits per heavy atom. The van der Waals surface area contributed by atoms with E-state index in [-0.39, 0.29) is 22.7 Å². The molecule has 5 nitrogen and oxygen atoms in total. The van der Waals surface area contributed by atoms with Gasteiger partial charge in [0.1, 0.15) is 0 Å². The number of nitrogens with zero attached hydrogens (tertiary/aromatic N) is 1. The smallest absolute Gasteiger partial charge is 0.243 e. The van der Waals surface area contributed by atoms with Gasteiger partial charge in [0.05, 0.1) is 12.0 Å². The summed E-state index contributed by atoms with van der Waals surface area (Å²) in [5.41, 5.74) is 0. The quantitative estimate of drug-likeness (QED) is 0.911. The Labute approximate surface area is 118 Å². The van der Waals surface area contributed by atoms with Crippen LogP contribution in [-0.2, 0) is 10.0 Å². The molecule has 0 spiro atoms. The molecule has 0 amide bonds. The highest BCUT2D eigenvalue weighted by Gasteiger charge is 2.35. The molecule has 1 N–H and O–H groups in total. The van der Waals surface area contributed by atoms with Gasteiger partial charge in [-0.3, -0.25) is 0 Å². The van der Waals surface area contributed by atoms with Gasteiger partial charge in [-0.2, -0.15) is 4.31 Å². The average Bonchev–Trinajstić information content (AvgIpc) is 2.38. The minimum atomic E-state index is -3.71. The Bertz CT molecular complexity index is 581. The van der Waals surface area contributed by atoms with Crippen LogP contribution in [0.4, 0.5) is 4.39 Å². The highest BCUT2D eigenvalue weighted by atomic mass is 32.2. The number of hydrogen-bond acceptors (Lipinski definition) is 4. The van der Waals surface area contributed by atoms with Crippen molar-refractivity contribution in [1.29, 1.82) is 0 Å². The van der Waals surface area contributed by atoms with E-state index in [1.54, 1.807) is 0 Å². The minimum absolute atomic E-state index is 0.0327. The van der Waals surface area contributed by atoms with E-state index in [4.69, 9.17) is 4.74 Å². The molecule has 1 aromatic carbocycles. The first-order valence-corrected chi connectivity index (χ1v) is 7.89. The van der Waals surface area contributed by atoms with Gasteiger partial charge in [0.25, 0.3) is 0 Å². The molecule has 2 rings (SSSR count). The van der Waals surface area contributed by atoms with Gasteiger partial charge in [0, 0.05) is 25.2 Å². The summed E-state index contributed by atoms with van der Waals surface area (Å²) in [6.45, 7) is 4.84. The Morgan fingerprint density at radius 2 is 1.90 bits per heavy atom. The second-order valence-corrected chi connectivity index (χ2v) is 6.83. The molecule has 0 bridgehead atoms. The Morgan fingerprint density at radius 3 is 2.40 bits per heavy atom. The molecule has 1 aliphatic heterocycles. The number of rotatable bonds is 3. The molecule has 2 atom stereocenters. The molecule has 0 aromatic heterocycles. The van der Waals surface area contributed by atoms with Crippen molar-refractivity contribution in [2.45, 2.75) is 30.8 Å². The summed E-state index contributed by atoms with van der Waals surface area (Å²) < 4.78 is 45.3. The molecular formula is C13H19FN2O3S. The van der Waals surface area contributed by atoms with Crippen molar-refractivity contribution in [3.8, 4) is 5.75 Å². The first kappa shape index (κ1) is 15.2. The fraction of sp³-hybridized carbons (Fsp3) is 0.538. The number of benzene rings is 1. The van der Waals surface area contributed by atoms with E-state index in [1.165, 1.54) is 23.5 Å². The van der Waals surface area contributed by atoms with E-state index in [1.807, 2.05) is 13.8 Å². The van der Waals surface area contributed by atoms with Crippen molar-refractivity contribution in [2.24, 2.45) is 0 Å². The second-order valence-electron chi connectivity index (χ2n) is 4.99. The summed E-state index contributed by atoms with van der Waals surface area (Å²) in [4.78, 5) is -0.0450. The van der Waals surface area contributed by atoms with Crippen molar-refractivity contribution in [3.63, 3.8) is 0 Å². The van der Waals surface area contributed by atoms with Crippen molar-refractivity contribution < 1.29 is 17.5 Å². The fourth-order valence-electron chi connectivity index (χ4n) is 2.52. The molecular weight excluding hydrogens is 283 g/mol. The van der Waals surface area contributed by atoms with Crippen LogP contribution >= 0.6 is 0 Å². The van der Waals surface area contributed by atoms with E-state index in [2.05, 4.69) is 5.32 Å². The van der Waals surface area contributed by atoms with Crippen molar-refractivity contribution in [3.05, 3.63) is 24.0 Å². The zero-order valence-electron chi connectivity index (χ0n) is 11.8. The van der Waals surface area contributed by atoms with E-state index in [0.29, 0.717) is 13.1 Å².